The number of hydrogen-bond acceptors (Lipinski definition) is 3. The van der Waals surface area contributed by atoms with Crippen LogP contribution in [-0.4, -0.2) is 53.7 Å². The highest BCUT2D eigenvalue weighted by Gasteiger charge is 2.43. The molecule has 1 amide bonds. The Morgan fingerprint density at radius 1 is 1.50 bits per heavy atom. The molecule has 1 saturated heterocycles. The predicted molar refractivity (Wildman–Crippen MR) is 73.2 cm³/mol. The van der Waals surface area contributed by atoms with E-state index in [9.17, 15) is 13.6 Å². The fraction of sp³-hybridized carbons (Fsp3) is 0.667. The van der Waals surface area contributed by atoms with Gasteiger partial charge in [-0.2, -0.15) is 5.10 Å². The van der Waals surface area contributed by atoms with Crippen LogP contribution in [0, 0.1) is 0 Å². The van der Waals surface area contributed by atoms with Crippen molar-refractivity contribution in [3.63, 3.8) is 0 Å². The Hall–Kier alpha value is -1.21. The highest BCUT2D eigenvalue weighted by atomic mass is 35.5. The molecule has 1 aromatic rings. The lowest BCUT2D eigenvalue weighted by molar-refractivity contribution is -0.143. The zero-order chi connectivity index (χ0) is 13.9. The first-order valence-corrected chi connectivity index (χ1v) is 6.31. The molecular weight excluding hydrogens is 290 g/mol. The fourth-order valence-corrected chi connectivity index (χ4v) is 2.55. The van der Waals surface area contributed by atoms with Crippen molar-refractivity contribution in [1.29, 1.82) is 0 Å². The summed E-state index contributed by atoms with van der Waals surface area (Å²) in [6.45, 7) is 0.803. The Kier molecular flexibility index (Phi) is 5.88. The number of halogens is 3. The van der Waals surface area contributed by atoms with E-state index in [0.29, 0.717) is 25.9 Å². The number of nitrogens with one attached hydrogen (secondary N) is 1. The number of rotatable bonds is 4. The number of aromatic nitrogens is 2. The van der Waals surface area contributed by atoms with Crippen molar-refractivity contribution in [1.82, 2.24) is 20.0 Å². The first kappa shape index (κ1) is 16.8. The van der Waals surface area contributed by atoms with E-state index in [0.717, 1.165) is 4.90 Å². The van der Waals surface area contributed by atoms with Gasteiger partial charge >= 0.3 is 0 Å². The molecule has 0 radical (unpaired) electrons. The van der Waals surface area contributed by atoms with E-state index < -0.39 is 18.5 Å². The largest absolute Gasteiger partial charge is 0.338 e. The topological polar surface area (TPSA) is 50.2 Å². The Balaban J connectivity index is 0.00000200. The Morgan fingerprint density at radius 2 is 2.15 bits per heavy atom. The van der Waals surface area contributed by atoms with Crippen LogP contribution in [0.15, 0.2) is 18.5 Å². The van der Waals surface area contributed by atoms with E-state index in [1.165, 1.54) is 7.05 Å². The molecule has 0 spiro atoms. The van der Waals surface area contributed by atoms with Crippen LogP contribution in [0.3, 0.4) is 0 Å². The van der Waals surface area contributed by atoms with Gasteiger partial charge in [0, 0.05) is 19.4 Å². The maximum absolute atomic E-state index is 12.6. The molecule has 1 aliphatic heterocycles. The molecule has 5 nitrogen and oxygen atoms in total. The quantitative estimate of drug-likeness (QED) is 0.906. The zero-order valence-corrected chi connectivity index (χ0v) is 12.1. The summed E-state index contributed by atoms with van der Waals surface area (Å²) in [4.78, 5) is 13.7. The Labute approximate surface area is 122 Å². The zero-order valence-electron chi connectivity index (χ0n) is 11.3. The van der Waals surface area contributed by atoms with Crippen LogP contribution in [0.4, 0.5) is 8.78 Å². The molecule has 0 saturated carbocycles. The first-order chi connectivity index (χ1) is 9.06. The number of nitrogens with zero attached hydrogens (tertiary/aromatic N) is 3. The molecule has 114 valence electrons. The van der Waals surface area contributed by atoms with Crippen molar-refractivity contribution in [2.24, 2.45) is 0 Å². The molecule has 1 N–H and O–H groups in total. The smallest absolute Gasteiger partial charge is 0.255 e. The predicted octanol–water partition coefficient (Wildman–Crippen LogP) is 1.11. The summed E-state index contributed by atoms with van der Waals surface area (Å²) in [5, 5.41) is 7.32. The molecule has 0 atom stereocenters. The summed E-state index contributed by atoms with van der Waals surface area (Å²) in [5.41, 5.74) is -0.835. The third-order valence-corrected chi connectivity index (χ3v) is 3.53. The molecule has 2 heterocycles. The third-order valence-electron chi connectivity index (χ3n) is 3.53. The molecule has 0 bridgehead atoms. The summed E-state index contributed by atoms with van der Waals surface area (Å²) in [6, 6.07) is 1.74. The minimum Gasteiger partial charge on any atom is -0.338 e. The normalized spacial score (nSPS) is 17.6. The molecule has 8 heteroatoms. The number of carbonyl (C=O) groups is 1. The van der Waals surface area contributed by atoms with Crippen LogP contribution < -0.4 is 5.32 Å². The maximum atomic E-state index is 12.6. The van der Waals surface area contributed by atoms with Gasteiger partial charge in [0.05, 0.1) is 6.54 Å². The van der Waals surface area contributed by atoms with Crippen molar-refractivity contribution >= 4 is 18.3 Å². The Morgan fingerprint density at radius 3 is 2.65 bits per heavy atom. The van der Waals surface area contributed by atoms with Crippen LogP contribution in [0.25, 0.3) is 0 Å². The monoisotopic (exact) mass is 308 g/mol. The standard InChI is InChI=1S/C12H18F2N4O.ClH/c1-17(9-10(13)14)11(19)12(3-6-15-7-4-12)18-8-2-5-16-18;/h2,5,8,10,15H,3-4,6-7,9H2,1H3;1H. The van der Waals surface area contributed by atoms with Crippen molar-refractivity contribution in [2.75, 3.05) is 26.7 Å². The van der Waals surface area contributed by atoms with Gasteiger partial charge in [0.1, 0.15) is 5.54 Å². The van der Waals surface area contributed by atoms with Crippen molar-refractivity contribution < 1.29 is 13.6 Å². The summed E-state index contributed by atoms with van der Waals surface area (Å²) < 4.78 is 26.5. The lowest BCUT2D eigenvalue weighted by Gasteiger charge is -2.39. The second-order valence-corrected chi connectivity index (χ2v) is 4.81. The average molecular weight is 309 g/mol. The van der Waals surface area contributed by atoms with Gasteiger partial charge in [-0.05, 0) is 32.0 Å². The lowest BCUT2D eigenvalue weighted by atomic mass is 9.87. The number of amides is 1. The van der Waals surface area contributed by atoms with Gasteiger partial charge < -0.3 is 10.2 Å². The molecule has 1 fully saturated rings. The van der Waals surface area contributed by atoms with Crippen LogP contribution in [-0.2, 0) is 10.3 Å². The minimum absolute atomic E-state index is 0. The lowest BCUT2D eigenvalue weighted by Crippen LogP contribution is -2.55. The summed E-state index contributed by atoms with van der Waals surface area (Å²) in [7, 11) is 1.42. The third kappa shape index (κ3) is 3.27. The fourth-order valence-electron chi connectivity index (χ4n) is 2.55. The maximum Gasteiger partial charge on any atom is 0.255 e. The van der Waals surface area contributed by atoms with Gasteiger partial charge in [-0.3, -0.25) is 9.48 Å². The molecule has 2 rings (SSSR count). The van der Waals surface area contributed by atoms with Crippen molar-refractivity contribution in [3.05, 3.63) is 18.5 Å². The number of hydrogen-bond donors (Lipinski definition) is 1. The van der Waals surface area contributed by atoms with E-state index in [1.54, 1.807) is 23.1 Å². The van der Waals surface area contributed by atoms with Crippen LogP contribution in [0.5, 0.6) is 0 Å². The second kappa shape index (κ2) is 6.99. The average Bonchev–Trinajstić information content (AvgIpc) is 2.92. The minimum atomic E-state index is -2.52. The van der Waals surface area contributed by atoms with Gasteiger partial charge in [0.25, 0.3) is 12.3 Å². The van der Waals surface area contributed by atoms with Crippen LogP contribution >= 0.6 is 12.4 Å². The van der Waals surface area contributed by atoms with Crippen LogP contribution in [0.1, 0.15) is 12.8 Å². The molecule has 1 aliphatic rings. The van der Waals surface area contributed by atoms with Gasteiger partial charge in [0.2, 0.25) is 0 Å². The molecule has 1 aromatic heterocycles. The van der Waals surface area contributed by atoms with Crippen molar-refractivity contribution in [2.45, 2.75) is 24.8 Å². The van der Waals surface area contributed by atoms with E-state index >= 15 is 0 Å². The number of piperidine rings is 1. The number of alkyl halides is 2. The molecule has 20 heavy (non-hydrogen) atoms. The molecular formula is C12H19ClF2N4O. The highest BCUT2D eigenvalue weighted by molar-refractivity contribution is 5.85. The summed E-state index contributed by atoms with van der Waals surface area (Å²) in [6.07, 6.45) is 1.91. The Bertz CT molecular complexity index is 421. The number of carbonyl (C=O) groups excluding carboxylic acids is 1. The highest BCUT2D eigenvalue weighted by Crippen LogP contribution is 2.29. The van der Waals surface area contributed by atoms with Crippen LogP contribution in [0.2, 0.25) is 0 Å². The van der Waals surface area contributed by atoms with E-state index in [1.807, 2.05) is 0 Å². The SMILES string of the molecule is CN(CC(F)F)C(=O)C1(n2cccn2)CCNCC1.Cl. The first-order valence-electron chi connectivity index (χ1n) is 6.31. The number of likely N-dealkylation sites (N-methyl/N-ethyl adjacent to an activating group) is 1. The van der Waals surface area contributed by atoms with Gasteiger partial charge in [0.15, 0.2) is 0 Å². The second-order valence-electron chi connectivity index (χ2n) is 4.81. The summed E-state index contributed by atoms with van der Waals surface area (Å²) >= 11 is 0. The molecule has 0 unspecified atom stereocenters. The molecule has 0 aromatic carbocycles. The van der Waals surface area contributed by atoms with E-state index in [-0.39, 0.29) is 18.3 Å². The van der Waals surface area contributed by atoms with E-state index in [4.69, 9.17) is 0 Å². The summed E-state index contributed by atoms with van der Waals surface area (Å²) in [5.74, 6) is -0.294. The van der Waals surface area contributed by atoms with Gasteiger partial charge in [-0.1, -0.05) is 0 Å². The van der Waals surface area contributed by atoms with Crippen molar-refractivity contribution in [3.8, 4) is 0 Å². The van der Waals surface area contributed by atoms with Gasteiger partial charge in [-0.15, -0.1) is 12.4 Å². The molecule has 0 aliphatic carbocycles. The van der Waals surface area contributed by atoms with E-state index in [2.05, 4.69) is 10.4 Å². The van der Waals surface area contributed by atoms with Gasteiger partial charge in [-0.25, -0.2) is 8.78 Å².